The summed E-state index contributed by atoms with van der Waals surface area (Å²) in [7, 11) is 1.55. The van der Waals surface area contributed by atoms with Crippen molar-refractivity contribution in [3.05, 3.63) is 6.92 Å². The highest BCUT2D eigenvalue weighted by atomic mass is 16.5. The molecule has 3 heteroatoms. The van der Waals surface area contributed by atoms with E-state index in [9.17, 15) is 0 Å². The summed E-state index contributed by atoms with van der Waals surface area (Å²) < 4.78 is 9.93. The van der Waals surface area contributed by atoms with Crippen LogP contribution in [0.5, 0.6) is 0 Å². The molecular formula is C7H15O3. The number of aliphatic hydroxyl groups is 1. The van der Waals surface area contributed by atoms with Crippen molar-refractivity contribution in [1.29, 1.82) is 0 Å². The van der Waals surface area contributed by atoms with Crippen molar-refractivity contribution in [2.24, 2.45) is 0 Å². The highest BCUT2D eigenvalue weighted by Gasteiger charge is 2.03. The van der Waals surface area contributed by atoms with Gasteiger partial charge in [0.25, 0.3) is 0 Å². The number of hydrogen-bond acceptors (Lipinski definition) is 3. The van der Waals surface area contributed by atoms with Gasteiger partial charge in [0, 0.05) is 13.7 Å². The number of methoxy groups -OCH3 is 1. The van der Waals surface area contributed by atoms with Gasteiger partial charge in [-0.1, -0.05) is 6.92 Å². The Morgan fingerprint density at radius 1 is 1.60 bits per heavy atom. The first-order valence-corrected chi connectivity index (χ1v) is 3.35. The molecule has 0 amide bonds. The van der Waals surface area contributed by atoms with E-state index in [0.717, 1.165) is 6.42 Å². The van der Waals surface area contributed by atoms with Crippen molar-refractivity contribution in [3.8, 4) is 0 Å². The number of rotatable bonds is 6. The summed E-state index contributed by atoms with van der Waals surface area (Å²) in [6.07, 6.45) is 0.563. The van der Waals surface area contributed by atoms with Gasteiger partial charge >= 0.3 is 0 Å². The lowest BCUT2D eigenvalue weighted by Crippen LogP contribution is -2.22. The standard InChI is InChI=1S/C7H15O3/c1-3-4-10-6-7(5-8)9-2/h7-8H,1,3-6H2,2H3. The Balaban J connectivity index is 3.09. The fourth-order valence-electron chi connectivity index (χ4n) is 0.512. The molecule has 0 aromatic carbocycles. The van der Waals surface area contributed by atoms with E-state index < -0.39 is 0 Å². The summed E-state index contributed by atoms with van der Waals surface area (Å²) in [6.45, 7) is 4.69. The quantitative estimate of drug-likeness (QED) is 0.547. The van der Waals surface area contributed by atoms with Crippen LogP contribution in [-0.4, -0.2) is 38.1 Å². The summed E-state index contributed by atoms with van der Waals surface area (Å²) in [5.74, 6) is 0. The van der Waals surface area contributed by atoms with E-state index in [2.05, 4.69) is 6.92 Å². The molecule has 0 heterocycles. The molecule has 1 radical (unpaired) electrons. The van der Waals surface area contributed by atoms with Crippen LogP contribution in [0.4, 0.5) is 0 Å². The van der Waals surface area contributed by atoms with Crippen molar-refractivity contribution in [2.45, 2.75) is 12.5 Å². The molecule has 0 rings (SSSR count). The first-order chi connectivity index (χ1) is 4.85. The zero-order valence-corrected chi connectivity index (χ0v) is 6.38. The number of ether oxygens (including phenoxy) is 2. The molecule has 0 aliphatic rings. The Morgan fingerprint density at radius 3 is 2.70 bits per heavy atom. The van der Waals surface area contributed by atoms with Crippen LogP contribution >= 0.6 is 0 Å². The third-order valence-corrected chi connectivity index (χ3v) is 1.13. The zero-order valence-electron chi connectivity index (χ0n) is 6.38. The van der Waals surface area contributed by atoms with Crippen molar-refractivity contribution >= 4 is 0 Å². The Hall–Kier alpha value is -0.120. The van der Waals surface area contributed by atoms with E-state index in [0.29, 0.717) is 13.2 Å². The molecule has 0 aromatic rings. The molecular weight excluding hydrogens is 132 g/mol. The third kappa shape index (κ3) is 4.73. The number of hydrogen-bond donors (Lipinski definition) is 1. The van der Waals surface area contributed by atoms with Crippen LogP contribution in [0.15, 0.2) is 0 Å². The Kier molecular flexibility index (Phi) is 6.91. The lowest BCUT2D eigenvalue weighted by molar-refractivity contribution is -0.0188. The van der Waals surface area contributed by atoms with Crippen molar-refractivity contribution in [1.82, 2.24) is 0 Å². The van der Waals surface area contributed by atoms with E-state index in [1.165, 1.54) is 0 Å². The van der Waals surface area contributed by atoms with E-state index in [1.807, 2.05) is 0 Å². The van der Waals surface area contributed by atoms with Gasteiger partial charge in [0.2, 0.25) is 0 Å². The molecule has 0 bridgehead atoms. The van der Waals surface area contributed by atoms with Crippen molar-refractivity contribution in [3.63, 3.8) is 0 Å². The molecule has 0 spiro atoms. The van der Waals surface area contributed by atoms with Crippen LogP contribution in [0.2, 0.25) is 0 Å². The lowest BCUT2D eigenvalue weighted by atomic mass is 10.4. The second-order valence-corrected chi connectivity index (χ2v) is 1.97. The molecule has 0 aliphatic carbocycles. The Morgan fingerprint density at radius 2 is 2.30 bits per heavy atom. The molecule has 0 saturated heterocycles. The molecule has 1 unspecified atom stereocenters. The maximum absolute atomic E-state index is 8.60. The first kappa shape index (κ1) is 9.88. The Bertz CT molecular complexity index is 61.9. The maximum Gasteiger partial charge on any atom is 0.103 e. The molecule has 1 atom stereocenters. The average molecular weight is 147 g/mol. The molecule has 3 nitrogen and oxygen atoms in total. The largest absolute Gasteiger partial charge is 0.394 e. The third-order valence-electron chi connectivity index (χ3n) is 1.13. The molecule has 0 fully saturated rings. The highest BCUT2D eigenvalue weighted by molar-refractivity contribution is 4.51. The topological polar surface area (TPSA) is 38.7 Å². The summed E-state index contributed by atoms with van der Waals surface area (Å²) in [5.41, 5.74) is 0. The summed E-state index contributed by atoms with van der Waals surface area (Å²) in [6, 6.07) is 0. The van der Waals surface area contributed by atoms with Crippen LogP contribution < -0.4 is 0 Å². The highest BCUT2D eigenvalue weighted by Crippen LogP contribution is 1.90. The molecule has 1 N–H and O–H groups in total. The minimum absolute atomic E-state index is 0.00758. The SMILES string of the molecule is [CH2]CCOCC(CO)OC. The summed E-state index contributed by atoms with van der Waals surface area (Å²) in [5, 5.41) is 8.60. The van der Waals surface area contributed by atoms with Gasteiger partial charge in [-0.05, 0) is 6.42 Å². The fraction of sp³-hybridized carbons (Fsp3) is 0.857. The van der Waals surface area contributed by atoms with Gasteiger partial charge in [-0.3, -0.25) is 0 Å². The van der Waals surface area contributed by atoms with E-state index in [-0.39, 0.29) is 12.7 Å². The van der Waals surface area contributed by atoms with Gasteiger partial charge < -0.3 is 14.6 Å². The predicted molar refractivity (Wildman–Crippen MR) is 38.7 cm³/mol. The van der Waals surface area contributed by atoms with Crippen LogP contribution in [0.1, 0.15) is 6.42 Å². The van der Waals surface area contributed by atoms with E-state index >= 15 is 0 Å². The van der Waals surface area contributed by atoms with Crippen LogP contribution in [0, 0.1) is 6.92 Å². The number of aliphatic hydroxyl groups excluding tert-OH is 1. The molecule has 61 valence electrons. The van der Waals surface area contributed by atoms with E-state index in [4.69, 9.17) is 14.6 Å². The first-order valence-electron chi connectivity index (χ1n) is 3.35. The van der Waals surface area contributed by atoms with Crippen molar-refractivity contribution in [2.75, 3.05) is 26.9 Å². The zero-order chi connectivity index (χ0) is 7.82. The van der Waals surface area contributed by atoms with Gasteiger partial charge in [-0.15, -0.1) is 0 Å². The molecule has 0 aliphatic heterocycles. The normalized spacial score (nSPS) is 13.5. The van der Waals surface area contributed by atoms with Gasteiger partial charge in [-0.25, -0.2) is 0 Å². The monoisotopic (exact) mass is 147 g/mol. The smallest absolute Gasteiger partial charge is 0.103 e. The fourth-order valence-corrected chi connectivity index (χ4v) is 0.512. The molecule has 0 saturated carbocycles. The van der Waals surface area contributed by atoms with Gasteiger partial charge in [0.05, 0.1) is 13.2 Å². The summed E-state index contributed by atoms with van der Waals surface area (Å²) >= 11 is 0. The second-order valence-electron chi connectivity index (χ2n) is 1.97. The minimum Gasteiger partial charge on any atom is -0.394 e. The van der Waals surface area contributed by atoms with Crippen LogP contribution in [-0.2, 0) is 9.47 Å². The van der Waals surface area contributed by atoms with Gasteiger partial charge in [0.15, 0.2) is 0 Å². The second kappa shape index (κ2) is 6.99. The maximum atomic E-state index is 8.60. The Labute approximate surface area is 62.0 Å². The minimum atomic E-state index is -0.188. The van der Waals surface area contributed by atoms with Gasteiger partial charge in [0.1, 0.15) is 6.10 Å². The lowest BCUT2D eigenvalue weighted by Gasteiger charge is -2.11. The molecule has 0 aromatic heterocycles. The van der Waals surface area contributed by atoms with E-state index in [1.54, 1.807) is 7.11 Å². The van der Waals surface area contributed by atoms with Gasteiger partial charge in [-0.2, -0.15) is 0 Å². The van der Waals surface area contributed by atoms with Crippen LogP contribution in [0.3, 0.4) is 0 Å². The summed E-state index contributed by atoms with van der Waals surface area (Å²) in [4.78, 5) is 0. The van der Waals surface area contributed by atoms with Crippen LogP contribution in [0.25, 0.3) is 0 Å². The average Bonchev–Trinajstić information content (AvgIpc) is 1.99. The molecule has 10 heavy (non-hydrogen) atoms. The predicted octanol–water partition coefficient (Wildman–Crippen LogP) is 0.234. The van der Waals surface area contributed by atoms with Crippen molar-refractivity contribution < 1.29 is 14.6 Å².